The van der Waals surface area contributed by atoms with E-state index in [4.69, 9.17) is 4.74 Å². The van der Waals surface area contributed by atoms with Crippen molar-refractivity contribution in [3.63, 3.8) is 0 Å². The minimum absolute atomic E-state index is 0.726. The minimum Gasteiger partial charge on any atom is -0.476 e. The fourth-order valence-electron chi connectivity index (χ4n) is 2.09. The molecule has 0 spiro atoms. The number of hydrogen-bond acceptors (Lipinski definition) is 4. The molecule has 1 fully saturated rings. The van der Waals surface area contributed by atoms with Crippen molar-refractivity contribution in [3.8, 4) is 5.88 Å². The van der Waals surface area contributed by atoms with Gasteiger partial charge in [0.25, 0.3) is 0 Å². The summed E-state index contributed by atoms with van der Waals surface area (Å²) in [5.41, 5.74) is 1.09. The van der Waals surface area contributed by atoms with Crippen molar-refractivity contribution in [2.24, 2.45) is 0 Å². The number of aromatic nitrogens is 1. The Bertz CT molecular complexity index is 362. The Hall–Kier alpha value is -1.13. The van der Waals surface area contributed by atoms with E-state index in [0.29, 0.717) is 0 Å². The maximum atomic E-state index is 5.71. The van der Waals surface area contributed by atoms with Gasteiger partial charge >= 0.3 is 0 Å². The third-order valence-corrected chi connectivity index (χ3v) is 3.40. The van der Waals surface area contributed by atoms with E-state index in [9.17, 15) is 0 Å². The van der Waals surface area contributed by atoms with E-state index in [2.05, 4.69) is 28.8 Å². The van der Waals surface area contributed by atoms with Gasteiger partial charge in [0.15, 0.2) is 0 Å². The maximum Gasteiger partial charge on any atom is 0.213 e. The van der Waals surface area contributed by atoms with Crippen LogP contribution in [-0.2, 0) is 6.42 Å². The molecule has 4 nitrogen and oxygen atoms in total. The van der Waals surface area contributed by atoms with Gasteiger partial charge in [0, 0.05) is 44.5 Å². The van der Waals surface area contributed by atoms with Gasteiger partial charge in [0.1, 0.15) is 6.61 Å². The molecule has 0 atom stereocenters. The molecule has 1 aromatic rings. The summed E-state index contributed by atoms with van der Waals surface area (Å²) in [6.45, 7) is 8.42. The first-order valence-electron chi connectivity index (χ1n) is 6.77. The molecule has 2 heterocycles. The molecule has 0 aliphatic carbocycles. The second kappa shape index (κ2) is 6.71. The smallest absolute Gasteiger partial charge is 0.213 e. The van der Waals surface area contributed by atoms with Gasteiger partial charge in [0.2, 0.25) is 5.88 Å². The highest BCUT2D eigenvalue weighted by Crippen LogP contribution is 2.08. The molecule has 0 amide bonds. The maximum absolute atomic E-state index is 5.71. The highest BCUT2D eigenvalue weighted by atomic mass is 16.5. The minimum atomic E-state index is 0.726. The van der Waals surface area contributed by atoms with E-state index < -0.39 is 0 Å². The number of aryl methyl sites for hydroxylation is 1. The van der Waals surface area contributed by atoms with Crippen LogP contribution < -0.4 is 4.74 Å². The summed E-state index contributed by atoms with van der Waals surface area (Å²) in [7, 11) is 2.17. The van der Waals surface area contributed by atoms with E-state index in [1.807, 2.05) is 18.2 Å². The molecule has 18 heavy (non-hydrogen) atoms. The number of rotatable bonds is 5. The monoisotopic (exact) mass is 249 g/mol. The predicted octanol–water partition coefficient (Wildman–Crippen LogP) is 1.27. The molecule has 100 valence electrons. The summed E-state index contributed by atoms with van der Waals surface area (Å²) in [5, 5.41) is 0. The predicted molar refractivity (Wildman–Crippen MR) is 73.0 cm³/mol. The Morgan fingerprint density at radius 1 is 1.22 bits per heavy atom. The van der Waals surface area contributed by atoms with Crippen LogP contribution in [0.2, 0.25) is 0 Å². The lowest BCUT2D eigenvalue weighted by Gasteiger charge is -2.32. The molecule has 1 saturated heterocycles. The van der Waals surface area contributed by atoms with Crippen LogP contribution in [0.25, 0.3) is 0 Å². The van der Waals surface area contributed by atoms with Crippen LogP contribution in [0.3, 0.4) is 0 Å². The third-order valence-electron chi connectivity index (χ3n) is 3.40. The summed E-state index contributed by atoms with van der Waals surface area (Å²) in [6.07, 6.45) is 0.954. The van der Waals surface area contributed by atoms with Gasteiger partial charge in [-0.1, -0.05) is 13.0 Å². The fourth-order valence-corrected chi connectivity index (χ4v) is 2.09. The van der Waals surface area contributed by atoms with Crippen molar-refractivity contribution in [1.29, 1.82) is 0 Å². The second-order valence-corrected chi connectivity index (χ2v) is 4.81. The summed E-state index contributed by atoms with van der Waals surface area (Å²) < 4.78 is 5.71. The molecular formula is C14H23N3O. The summed E-state index contributed by atoms with van der Waals surface area (Å²) in [4.78, 5) is 9.25. The van der Waals surface area contributed by atoms with Crippen LogP contribution in [0.4, 0.5) is 0 Å². The standard InChI is InChI=1S/C14H23N3O/c1-3-13-5-4-6-14(15-13)18-12-11-17-9-7-16(2)8-10-17/h4-6H,3,7-12H2,1-2H3. The normalized spacial score (nSPS) is 17.9. The first-order valence-corrected chi connectivity index (χ1v) is 6.77. The number of hydrogen-bond donors (Lipinski definition) is 0. The van der Waals surface area contributed by atoms with Gasteiger partial charge in [0.05, 0.1) is 0 Å². The average Bonchev–Trinajstić information content (AvgIpc) is 2.41. The van der Waals surface area contributed by atoms with E-state index >= 15 is 0 Å². The molecule has 1 aliphatic heterocycles. The van der Waals surface area contributed by atoms with Crippen molar-refractivity contribution >= 4 is 0 Å². The molecule has 0 unspecified atom stereocenters. The Kier molecular flexibility index (Phi) is 4.96. The van der Waals surface area contributed by atoms with Crippen LogP contribution in [-0.4, -0.2) is 61.2 Å². The zero-order valence-corrected chi connectivity index (χ0v) is 11.4. The first kappa shape index (κ1) is 13.3. The van der Waals surface area contributed by atoms with Crippen molar-refractivity contribution < 1.29 is 4.74 Å². The fraction of sp³-hybridized carbons (Fsp3) is 0.643. The molecular weight excluding hydrogens is 226 g/mol. The van der Waals surface area contributed by atoms with Crippen LogP contribution >= 0.6 is 0 Å². The van der Waals surface area contributed by atoms with Crippen molar-refractivity contribution in [2.45, 2.75) is 13.3 Å². The van der Waals surface area contributed by atoms with Crippen molar-refractivity contribution in [1.82, 2.24) is 14.8 Å². The highest BCUT2D eigenvalue weighted by molar-refractivity contribution is 5.15. The highest BCUT2D eigenvalue weighted by Gasteiger charge is 2.13. The third kappa shape index (κ3) is 3.96. The van der Waals surface area contributed by atoms with Gasteiger partial charge in [-0.25, -0.2) is 4.98 Å². The first-order chi connectivity index (χ1) is 8.78. The Balaban J connectivity index is 1.71. The lowest BCUT2D eigenvalue weighted by Crippen LogP contribution is -2.45. The molecule has 4 heteroatoms. The van der Waals surface area contributed by atoms with Crippen LogP contribution in [0.5, 0.6) is 5.88 Å². The molecule has 0 radical (unpaired) electrons. The summed E-state index contributed by atoms with van der Waals surface area (Å²) in [6, 6.07) is 5.98. The molecule has 1 aliphatic rings. The largest absolute Gasteiger partial charge is 0.476 e. The average molecular weight is 249 g/mol. The number of piperazine rings is 1. The summed E-state index contributed by atoms with van der Waals surface area (Å²) in [5.74, 6) is 0.753. The molecule has 0 N–H and O–H groups in total. The second-order valence-electron chi connectivity index (χ2n) is 4.81. The van der Waals surface area contributed by atoms with Gasteiger partial charge < -0.3 is 9.64 Å². The van der Waals surface area contributed by atoms with Crippen LogP contribution in [0.15, 0.2) is 18.2 Å². The Morgan fingerprint density at radius 3 is 2.72 bits per heavy atom. The molecule has 0 saturated carbocycles. The zero-order chi connectivity index (χ0) is 12.8. The number of nitrogens with zero attached hydrogens (tertiary/aromatic N) is 3. The van der Waals surface area contributed by atoms with Gasteiger partial charge in [-0.2, -0.15) is 0 Å². The lowest BCUT2D eigenvalue weighted by molar-refractivity contribution is 0.132. The van der Waals surface area contributed by atoms with Crippen molar-refractivity contribution in [2.75, 3.05) is 46.4 Å². The van der Waals surface area contributed by atoms with Gasteiger partial charge in [-0.3, -0.25) is 4.90 Å². The number of likely N-dealkylation sites (N-methyl/N-ethyl adjacent to an activating group) is 1. The Morgan fingerprint density at radius 2 is 2.00 bits per heavy atom. The van der Waals surface area contributed by atoms with E-state index in [1.165, 1.54) is 0 Å². The topological polar surface area (TPSA) is 28.6 Å². The molecule has 1 aromatic heterocycles. The van der Waals surface area contributed by atoms with Gasteiger partial charge in [-0.15, -0.1) is 0 Å². The van der Waals surface area contributed by atoms with E-state index in [1.54, 1.807) is 0 Å². The molecule has 0 aromatic carbocycles. The molecule has 2 rings (SSSR count). The van der Waals surface area contributed by atoms with Crippen LogP contribution in [0, 0.1) is 0 Å². The Labute approximate surface area is 110 Å². The van der Waals surface area contributed by atoms with E-state index in [0.717, 1.165) is 57.3 Å². The van der Waals surface area contributed by atoms with Crippen LogP contribution in [0.1, 0.15) is 12.6 Å². The van der Waals surface area contributed by atoms with Crippen molar-refractivity contribution in [3.05, 3.63) is 23.9 Å². The lowest BCUT2D eigenvalue weighted by atomic mass is 10.3. The SMILES string of the molecule is CCc1cccc(OCCN2CCN(C)CC2)n1. The van der Waals surface area contributed by atoms with Gasteiger partial charge in [-0.05, 0) is 19.5 Å². The van der Waals surface area contributed by atoms with E-state index in [-0.39, 0.29) is 0 Å². The number of pyridine rings is 1. The zero-order valence-electron chi connectivity index (χ0n) is 11.4. The quantitative estimate of drug-likeness (QED) is 0.786. The molecule has 0 bridgehead atoms. The summed E-state index contributed by atoms with van der Waals surface area (Å²) >= 11 is 0. The number of ether oxygens (including phenoxy) is 1.